The van der Waals surface area contributed by atoms with Crippen LogP contribution in [-0.2, 0) is 16.0 Å². The Morgan fingerprint density at radius 3 is 2.70 bits per heavy atom. The molecule has 2 heterocycles. The van der Waals surface area contributed by atoms with Crippen LogP contribution in [0, 0.1) is 17.7 Å². The summed E-state index contributed by atoms with van der Waals surface area (Å²) in [5, 5.41) is 0. The molecule has 126 valence electrons. The van der Waals surface area contributed by atoms with Crippen LogP contribution in [0.4, 0.5) is 4.39 Å². The molecule has 4 heteroatoms. The summed E-state index contributed by atoms with van der Waals surface area (Å²) in [6.07, 6.45) is 5.00. The highest BCUT2D eigenvalue weighted by atomic mass is 19.1. The highest BCUT2D eigenvalue weighted by molar-refractivity contribution is 5.17. The van der Waals surface area contributed by atoms with Gasteiger partial charge in [-0.3, -0.25) is 4.90 Å². The minimum absolute atomic E-state index is 0.0585. The second-order valence-corrected chi connectivity index (χ2v) is 7.48. The Labute approximate surface area is 137 Å². The van der Waals surface area contributed by atoms with E-state index in [0.29, 0.717) is 5.92 Å². The number of likely N-dealkylation sites (tertiary alicyclic amines) is 1. The summed E-state index contributed by atoms with van der Waals surface area (Å²) < 4.78 is 24.9. The van der Waals surface area contributed by atoms with Crippen LogP contribution >= 0.6 is 0 Å². The van der Waals surface area contributed by atoms with Gasteiger partial charge in [0.05, 0.1) is 5.60 Å². The van der Waals surface area contributed by atoms with Gasteiger partial charge in [-0.05, 0) is 55.2 Å². The van der Waals surface area contributed by atoms with Gasteiger partial charge in [0.2, 0.25) is 0 Å². The Morgan fingerprint density at radius 1 is 1.17 bits per heavy atom. The van der Waals surface area contributed by atoms with Gasteiger partial charge >= 0.3 is 0 Å². The third-order valence-corrected chi connectivity index (χ3v) is 5.56. The van der Waals surface area contributed by atoms with Crippen molar-refractivity contribution >= 4 is 0 Å². The molecule has 3 aliphatic rings. The Kier molecular flexibility index (Phi) is 4.39. The lowest BCUT2D eigenvalue weighted by Crippen LogP contribution is -2.64. The second kappa shape index (κ2) is 6.50. The van der Waals surface area contributed by atoms with E-state index in [0.717, 1.165) is 58.2 Å². The lowest BCUT2D eigenvalue weighted by atomic mass is 9.79. The SMILES string of the molecule is Fc1ccc(CN2CC3(C2)OCCC3CCOCC2CC2)cc1. The van der Waals surface area contributed by atoms with Gasteiger partial charge in [-0.2, -0.15) is 0 Å². The zero-order valence-corrected chi connectivity index (χ0v) is 13.7. The molecule has 1 saturated carbocycles. The first-order valence-corrected chi connectivity index (χ1v) is 8.92. The minimum Gasteiger partial charge on any atom is -0.381 e. The average Bonchev–Trinajstić information content (AvgIpc) is 3.25. The molecule has 1 aromatic rings. The zero-order valence-electron chi connectivity index (χ0n) is 13.7. The molecular formula is C19H26FNO2. The van der Waals surface area contributed by atoms with Crippen molar-refractivity contribution in [2.45, 2.75) is 37.8 Å². The summed E-state index contributed by atoms with van der Waals surface area (Å²) >= 11 is 0. The van der Waals surface area contributed by atoms with Gasteiger partial charge in [0.25, 0.3) is 0 Å². The van der Waals surface area contributed by atoms with E-state index in [1.807, 2.05) is 12.1 Å². The molecule has 1 aliphatic carbocycles. The maximum Gasteiger partial charge on any atom is 0.123 e. The quantitative estimate of drug-likeness (QED) is 0.720. The molecule has 2 aliphatic heterocycles. The van der Waals surface area contributed by atoms with Crippen LogP contribution in [0.25, 0.3) is 0 Å². The average molecular weight is 319 g/mol. The fourth-order valence-electron chi connectivity index (χ4n) is 3.97. The Balaban J connectivity index is 1.23. The van der Waals surface area contributed by atoms with Crippen molar-refractivity contribution in [3.63, 3.8) is 0 Å². The Morgan fingerprint density at radius 2 is 1.96 bits per heavy atom. The van der Waals surface area contributed by atoms with E-state index in [1.54, 1.807) is 0 Å². The lowest BCUT2D eigenvalue weighted by molar-refractivity contribution is -0.139. The maximum atomic E-state index is 13.0. The topological polar surface area (TPSA) is 21.7 Å². The highest BCUT2D eigenvalue weighted by Gasteiger charge is 2.52. The number of benzene rings is 1. The number of rotatable bonds is 7. The molecule has 1 spiro atoms. The van der Waals surface area contributed by atoms with Crippen LogP contribution < -0.4 is 0 Å². The van der Waals surface area contributed by atoms with Gasteiger partial charge in [-0.25, -0.2) is 4.39 Å². The van der Waals surface area contributed by atoms with Crippen molar-refractivity contribution in [3.05, 3.63) is 35.6 Å². The number of ether oxygens (including phenoxy) is 2. The molecule has 1 unspecified atom stereocenters. The number of halogens is 1. The van der Waals surface area contributed by atoms with Gasteiger partial charge < -0.3 is 9.47 Å². The highest BCUT2D eigenvalue weighted by Crippen LogP contribution is 2.42. The smallest absolute Gasteiger partial charge is 0.123 e. The van der Waals surface area contributed by atoms with Crippen molar-refractivity contribution < 1.29 is 13.9 Å². The van der Waals surface area contributed by atoms with Crippen molar-refractivity contribution in [1.29, 1.82) is 0 Å². The van der Waals surface area contributed by atoms with Crippen LogP contribution in [0.1, 0.15) is 31.2 Å². The minimum atomic E-state index is -0.167. The molecule has 3 fully saturated rings. The third-order valence-electron chi connectivity index (χ3n) is 5.56. The number of nitrogens with zero attached hydrogens (tertiary/aromatic N) is 1. The fraction of sp³-hybridized carbons (Fsp3) is 0.684. The molecule has 0 amide bonds. The molecular weight excluding hydrogens is 293 g/mol. The molecule has 0 aromatic heterocycles. The van der Waals surface area contributed by atoms with Crippen LogP contribution in [0.2, 0.25) is 0 Å². The first-order valence-electron chi connectivity index (χ1n) is 8.92. The van der Waals surface area contributed by atoms with E-state index < -0.39 is 0 Å². The number of hydrogen-bond donors (Lipinski definition) is 0. The first kappa shape index (κ1) is 15.6. The zero-order chi connectivity index (χ0) is 15.7. The summed E-state index contributed by atoms with van der Waals surface area (Å²) in [6, 6.07) is 6.83. The molecule has 0 N–H and O–H groups in total. The van der Waals surface area contributed by atoms with Gasteiger partial charge in [-0.15, -0.1) is 0 Å². The summed E-state index contributed by atoms with van der Waals surface area (Å²) in [7, 11) is 0. The van der Waals surface area contributed by atoms with Crippen LogP contribution in [0.15, 0.2) is 24.3 Å². The monoisotopic (exact) mass is 319 g/mol. The summed E-state index contributed by atoms with van der Waals surface area (Å²) in [5.41, 5.74) is 1.23. The van der Waals surface area contributed by atoms with Crippen molar-refractivity contribution in [1.82, 2.24) is 4.90 Å². The molecule has 0 radical (unpaired) electrons. The standard InChI is InChI=1S/C19H26FNO2/c20-18-5-3-15(4-6-18)11-21-13-19(14-21)17(8-10-23-19)7-9-22-12-16-1-2-16/h3-6,16-17H,1-2,7-14H2. The van der Waals surface area contributed by atoms with E-state index in [4.69, 9.17) is 9.47 Å². The molecule has 23 heavy (non-hydrogen) atoms. The van der Waals surface area contributed by atoms with E-state index in [1.165, 1.54) is 30.5 Å². The Bertz CT molecular complexity index is 523. The fourth-order valence-corrected chi connectivity index (χ4v) is 3.97. The second-order valence-electron chi connectivity index (χ2n) is 7.48. The van der Waals surface area contributed by atoms with E-state index in [-0.39, 0.29) is 11.4 Å². The van der Waals surface area contributed by atoms with Gasteiger partial charge in [0.1, 0.15) is 5.82 Å². The Hall–Kier alpha value is -0.970. The maximum absolute atomic E-state index is 13.0. The predicted octanol–water partition coefficient (Wildman–Crippen LogP) is 3.23. The molecule has 2 saturated heterocycles. The summed E-state index contributed by atoms with van der Waals surface area (Å²) in [6.45, 7) is 5.60. The van der Waals surface area contributed by atoms with Crippen molar-refractivity contribution in [2.24, 2.45) is 11.8 Å². The molecule has 3 nitrogen and oxygen atoms in total. The molecule has 0 bridgehead atoms. The van der Waals surface area contributed by atoms with Crippen molar-refractivity contribution in [3.8, 4) is 0 Å². The van der Waals surface area contributed by atoms with Gasteiger partial charge in [-0.1, -0.05) is 12.1 Å². The van der Waals surface area contributed by atoms with Gasteiger partial charge in [0, 0.05) is 39.5 Å². The van der Waals surface area contributed by atoms with Crippen molar-refractivity contribution in [2.75, 3.05) is 32.9 Å². The lowest BCUT2D eigenvalue weighted by Gasteiger charge is -2.50. The van der Waals surface area contributed by atoms with Gasteiger partial charge in [0.15, 0.2) is 0 Å². The molecule has 1 aromatic carbocycles. The van der Waals surface area contributed by atoms with E-state index >= 15 is 0 Å². The molecule has 1 atom stereocenters. The first-order chi connectivity index (χ1) is 11.2. The normalized spacial score (nSPS) is 26.6. The summed E-state index contributed by atoms with van der Waals surface area (Å²) in [4.78, 5) is 2.40. The summed E-state index contributed by atoms with van der Waals surface area (Å²) in [5.74, 6) is 1.31. The van der Waals surface area contributed by atoms with Crippen LogP contribution in [0.3, 0.4) is 0 Å². The third kappa shape index (κ3) is 3.59. The van der Waals surface area contributed by atoms with Crippen LogP contribution in [0.5, 0.6) is 0 Å². The number of hydrogen-bond acceptors (Lipinski definition) is 3. The largest absolute Gasteiger partial charge is 0.381 e. The van der Waals surface area contributed by atoms with E-state index in [2.05, 4.69) is 4.90 Å². The van der Waals surface area contributed by atoms with Crippen LogP contribution in [-0.4, -0.2) is 43.4 Å². The van der Waals surface area contributed by atoms with E-state index in [9.17, 15) is 4.39 Å². The molecule has 4 rings (SSSR count). The predicted molar refractivity (Wildman–Crippen MR) is 86.6 cm³/mol.